The van der Waals surface area contributed by atoms with Gasteiger partial charge in [-0.05, 0) is 24.3 Å². The maximum atomic E-state index is 12.3. The van der Waals surface area contributed by atoms with E-state index in [4.69, 9.17) is 9.47 Å². The summed E-state index contributed by atoms with van der Waals surface area (Å²) in [5, 5.41) is 5.01. The molecule has 0 spiro atoms. The van der Waals surface area contributed by atoms with Gasteiger partial charge in [-0.3, -0.25) is 0 Å². The van der Waals surface area contributed by atoms with Gasteiger partial charge in [-0.2, -0.15) is 8.78 Å². The Bertz CT molecular complexity index is 698. The van der Waals surface area contributed by atoms with Crippen LogP contribution in [0.25, 0.3) is 0 Å². The van der Waals surface area contributed by atoms with Gasteiger partial charge in [0.15, 0.2) is 0 Å². The molecule has 0 aliphatic carbocycles. The SMILES string of the molecule is COc1cccc(OCCNC(=O)Nc2ccccc2OC(F)F)c1. The number of carbonyl (C=O) groups excluding carboxylic acids is 1. The number of amides is 2. The van der Waals surface area contributed by atoms with Crippen molar-refractivity contribution in [2.75, 3.05) is 25.6 Å². The van der Waals surface area contributed by atoms with Crippen LogP contribution in [0.4, 0.5) is 19.3 Å². The first-order valence-corrected chi connectivity index (χ1v) is 7.44. The van der Waals surface area contributed by atoms with E-state index in [9.17, 15) is 13.6 Å². The zero-order valence-electron chi connectivity index (χ0n) is 13.5. The lowest BCUT2D eigenvalue weighted by atomic mass is 10.3. The monoisotopic (exact) mass is 352 g/mol. The second kappa shape index (κ2) is 9.31. The number of carbonyl (C=O) groups is 1. The van der Waals surface area contributed by atoms with Gasteiger partial charge >= 0.3 is 12.6 Å². The molecule has 0 unspecified atom stereocenters. The summed E-state index contributed by atoms with van der Waals surface area (Å²) in [7, 11) is 1.56. The highest BCUT2D eigenvalue weighted by Crippen LogP contribution is 2.25. The average Bonchev–Trinajstić information content (AvgIpc) is 2.60. The van der Waals surface area contributed by atoms with Crippen LogP contribution in [0.15, 0.2) is 48.5 Å². The number of halogens is 2. The first-order valence-electron chi connectivity index (χ1n) is 7.44. The van der Waals surface area contributed by atoms with Gasteiger partial charge in [-0.1, -0.05) is 18.2 Å². The number of hydrogen-bond acceptors (Lipinski definition) is 4. The highest BCUT2D eigenvalue weighted by molar-refractivity contribution is 5.90. The molecule has 0 atom stereocenters. The third-order valence-corrected chi connectivity index (χ3v) is 3.05. The summed E-state index contributed by atoms with van der Waals surface area (Å²) in [6.45, 7) is -2.52. The zero-order valence-corrected chi connectivity index (χ0v) is 13.5. The van der Waals surface area contributed by atoms with Crippen LogP contribution in [0, 0.1) is 0 Å². The van der Waals surface area contributed by atoms with E-state index in [2.05, 4.69) is 15.4 Å². The first kappa shape index (κ1) is 18.3. The molecule has 0 radical (unpaired) electrons. The molecule has 8 heteroatoms. The second-order valence-corrected chi connectivity index (χ2v) is 4.78. The van der Waals surface area contributed by atoms with E-state index in [0.29, 0.717) is 11.5 Å². The number of methoxy groups -OCH3 is 1. The highest BCUT2D eigenvalue weighted by Gasteiger charge is 2.11. The van der Waals surface area contributed by atoms with Gasteiger partial charge in [0, 0.05) is 6.07 Å². The van der Waals surface area contributed by atoms with Gasteiger partial charge in [0.1, 0.15) is 23.9 Å². The van der Waals surface area contributed by atoms with Crippen molar-refractivity contribution in [3.63, 3.8) is 0 Å². The molecular weight excluding hydrogens is 334 g/mol. The third-order valence-electron chi connectivity index (χ3n) is 3.05. The maximum absolute atomic E-state index is 12.3. The van der Waals surface area contributed by atoms with Crippen molar-refractivity contribution in [2.45, 2.75) is 6.61 Å². The standard InChI is InChI=1S/C17H18F2N2O4/c1-23-12-5-4-6-13(11-12)24-10-9-20-17(22)21-14-7-2-3-8-15(14)25-16(18)19/h2-8,11,16H,9-10H2,1H3,(H2,20,21,22). The first-order chi connectivity index (χ1) is 12.1. The molecule has 134 valence electrons. The summed E-state index contributed by atoms with van der Waals surface area (Å²) in [5.74, 6) is 1.16. The van der Waals surface area contributed by atoms with Crippen LogP contribution in [0.1, 0.15) is 0 Å². The van der Waals surface area contributed by atoms with E-state index in [1.165, 1.54) is 18.2 Å². The summed E-state index contributed by atoms with van der Waals surface area (Å²) in [6, 6.07) is 12.4. The number of para-hydroxylation sites is 2. The topological polar surface area (TPSA) is 68.8 Å². The molecule has 2 aromatic rings. The Balaban J connectivity index is 1.77. The molecular formula is C17H18F2N2O4. The lowest BCUT2D eigenvalue weighted by Crippen LogP contribution is -2.32. The smallest absolute Gasteiger partial charge is 0.387 e. The van der Waals surface area contributed by atoms with Crippen LogP contribution in [-0.2, 0) is 0 Å². The van der Waals surface area contributed by atoms with Crippen molar-refractivity contribution in [3.05, 3.63) is 48.5 Å². The van der Waals surface area contributed by atoms with Crippen molar-refractivity contribution in [1.82, 2.24) is 5.32 Å². The molecule has 2 amide bonds. The number of urea groups is 1. The molecule has 2 N–H and O–H groups in total. The summed E-state index contributed by atoms with van der Waals surface area (Å²) in [6.07, 6.45) is 0. The lowest BCUT2D eigenvalue weighted by Gasteiger charge is -2.12. The maximum Gasteiger partial charge on any atom is 0.387 e. The van der Waals surface area contributed by atoms with E-state index in [-0.39, 0.29) is 24.6 Å². The fraction of sp³-hybridized carbons (Fsp3) is 0.235. The number of anilines is 1. The Morgan fingerprint density at radius 1 is 1.12 bits per heavy atom. The highest BCUT2D eigenvalue weighted by atomic mass is 19.3. The number of benzene rings is 2. The third kappa shape index (κ3) is 6.17. The normalized spacial score (nSPS) is 10.2. The molecule has 0 aliphatic heterocycles. The summed E-state index contributed by atoms with van der Waals surface area (Å²) < 4.78 is 39.5. The molecule has 25 heavy (non-hydrogen) atoms. The predicted molar refractivity (Wildman–Crippen MR) is 88.6 cm³/mol. The minimum Gasteiger partial charge on any atom is -0.497 e. The Labute approximate surface area is 143 Å². The molecule has 0 saturated heterocycles. The van der Waals surface area contributed by atoms with Crippen LogP contribution < -0.4 is 24.8 Å². The Morgan fingerprint density at radius 3 is 2.64 bits per heavy atom. The van der Waals surface area contributed by atoms with Gasteiger partial charge in [-0.25, -0.2) is 4.79 Å². The zero-order chi connectivity index (χ0) is 18.1. The second-order valence-electron chi connectivity index (χ2n) is 4.78. The van der Waals surface area contributed by atoms with Crippen molar-refractivity contribution in [2.24, 2.45) is 0 Å². The molecule has 2 rings (SSSR count). The Morgan fingerprint density at radius 2 is 1.88 bits per heavy atom. The van der Waals surface area contributed by atoms with Crippen LogP contribution in [0.5, 0.6) is 17.2 Å². The number of ether oxygens (including phenoxy) is 3. The fourth-order valence-corrected chi connectivity index (χ4v) is 1.96. The molecule has 0 fully saturated rings. The van der Waals surface area contributed by atoms with Gasteiger partial charge in [0.05, 0.1) is 19.3 Å². The summed E-state index contributed by atoms with van der Waals surface area (Å²) >= 11 is 0. The molecule has 6 nitrogen and oxygen atoms in total. The molecule has 0 saturated carbocycles. The number of hydrogen-bond donors (Lipinski definition) is 2. The predicted octanol–water partition coefficient (Wildman–Crippen LogP) is 3.50. The van der Waals surface area contributed by atoms with E-state index in [0.717, 1.165) is 0 Å². The van der Waals surface area contributed by atoms with E-state index < -0.39 is 12.6 Å². The summed E-state index contributed by atoms with van der Waals surface area (Å²) in [5.41, 5.74) is 0.147. The van der Waals surface area contributed by atoms with Gasteiger partial charge in [-0.15, -0.1) is 0 Å². The molecule has 0 heterocycles. The fourth-order valence-electron chi connectivity index (χ4n) is 1.96. The lowest BCUT2D eigenvalue weighted by molar-refractivity contribution is -0.0493. The molecule has 0 bridgehead atoms. The van der Waals surface area contributed by atoms with Crippen LogP contribution >= 0.6 is 0 Å². The molecule has 0 aliphatic rings. The minimum atomic E-state index is -2.97. The number of alkyl halides is 2. The van der Waals surface area contributed by atoms with E-state index >= 15 is 0 Å². The molecule has 0 aromatic heterocycles. The van der Waals surface area contributed by atoms with Gasteiger partial charge < -0.3 is 24.8 Å². The number of rotatable bonds is 8. The van der Waals surface area contributed by atoms with Crippen molar-refractivity contribution in [1.29, 1.82) is 0 Å². The van der Waals surface area contributed by atoms with E-state index in [1.54, 1.807) is 37.4 Å². The molecule has 2 aromatic carbocycles. The van der Waals surface area contributed by atoms with Crippen molar-refractivity contribution < 1.29 is 27.8 Å². The quantitative estimate of drug-likeness (QED) is 0.714. The van der Waals surface area contributed by atoms with Gasteiger partial charge in [0.2, 0.25) is 0 Å². The summed E-state index contributed by atoms with van der Waals surface area (Å²) in [4.78, 5) is 11.8. The average molecular weight is 352 g/mol. The Hall–Kier alpha value is -3.03. The Kier molecular flexibility index (Phi) is 6.82. The minimum absolute atomic E-state index is 0.111. The van der Waals surface area contributed by atoms with Crippen molar-refractivity contribution in [3.8, 4) is 17.2 Å². The number of nitrogens with one attached hydrogen (secondary N) is 2. The van der Waals surface area contributed by atoms with Crippen LogP contribution in [0.2, 0.25) is 0 Å². The van der Waals surface area contributed by atoms with E-state index in [1.807, 2.05) is 0 Å². The van der Waals surface area contributed by atoms with Crippen molar-refractivity contribution >= 4 is 11.7 Å². The largest absolute Gasteiger partial charge is 0.497 e. The van der Waals surface area contributed by atoms with Crippen LogP contribution in [0.3, 0.4) is 0 Å². The van der Waals surface area contributed by atoms with Gasteiger partial charge in [0.25, 0.3) is 0 Å². The van der Waals surface area contributed by atoms with Crippen LogP contribution in [-0.4, -0.2) is 32.9 Å².